The van der Waals surface area contributed by atoms with E-state index in [0.29, 0.717) is 12.1 Å². The molecule has 0 heterocycles. The maximum absolute atomic E-state index is 9.21. The van der Waals surface area contributed by atoms with Crippen LogP contribution in [0.5, 0.6) is 0 Å². The molecule has 0 radical (unpaired) electrons. The van der Waals surface area contributed by atoms with Crippen molar-refractivity contribution < 1.29 is 5.11 Å². The maximum Gasteiger partial charge on any atom is 0.0991 e. The molecule has 0 unspecified atom stereocenters. The highest BCUT2D eigenvalue weighted by atomic mass is 16.3. The Balaban J connectivity index is 2.60. The van der Waals surface area contributed by atoms with E-state index >= 15 is 0 Å². The van der Waals surface area contributed by atoms with Crippen LogP contribution in [-0.4, -0.2) is 29.7 Å². The van der Waals surface area contributed by atoms with Gasteiger partial charge in [0.05, 0.1) is 17.7 Å². The lowest BCUT2D eigenvalue weighted by molar-refractivity contribution is 0.138. The fourth-order valence-electron chi connectivity index (χ4n) is 1.57. The lowest BCUT2D eigenvalue weighted by Gasteiger charge is -2.18. The molecule has 1 aromatic rings. The molecule has 0 aromatic heterocycles. The van der Waals surface area contributed by atoms with Gasteiger partial charge in [-0.05, 0) is 31.7 Å². The highest BCUT2D eigenvalue weighted by molar-refractivity contribution is 5.32. The lowest BCUT2D eigenvalue weighted by atomic mass is 10.1. The van der Waals surface area contributed by atoms with E-state index in [0.717, 1.165) is 12.1 Å². The molecular weight excluding hydrogens is 188 g/mol. The van der Waals surface area contributed by atoms with Crippen molar-refractivity contribution >= 4 is 0 Å². The van der Waals surface area contributed by atoms with E-state index in [1.165, 1.54) is 0 Å². The van der Waals surface area contributed by atoms with E-state index in [4.69, 9.17) is 5.26 Å². The van der Waals surface area contributed by atoms with E-state index in [2.05, 4.69) is 6.07 Å². The van der Waals surface area contributed by atoms with Crippen LogP contribution in [0.3, 0.4) is 0 Å². The normalized spacial score (nSPS) is 12.5. The third-order valence-electron chi connectivity index (χ3n) is 2.08. The fraction of sp³-hybridized carbons (Fsp3) is 0.417. The van der Waals surface area contributed by atoms with Gasteiger partial charge < -0.3 is 5.11 Å². The minimum Gasteiger partial charge on any atom is -0.392 e. The van der Waals surface area contributed by atoms with Gasteiger partial charge in [-0.1, -0.05) is 12.1 Å². The van der Waals surface area contributed by atoms with Crippen LogP contribution in [0.15, 0.2) is 24.3 Å². The molecule has 3 nitrogen and oxygen atoms in total. The Morgan fingerprint density at radius 3 is 2.87 bits per heavy atom. The largest absolute Gasteiger partial charge is 0.392 e. The predicted octanol–water partition coefficient (Wildman–Crippen LogP) is 1.37. The number of nitriles is 1. The monoisotopic (exact) mass is 204 g/mol. The van der Waals surface area contributed by atoms with Crippen LogP contribution in [0, 0.1) is 11.3 Å². The van der Waals surface area contributed by atoms with Gasteiger partial charge in [0.25, 0.3) is 0 Å². The number of nitrogens with zero attached hydrogens (tertiary/aromatic N) is 2. The molecule has 0 aliphatic carbocycles. The maximum atomic E-state index is 9.21. The standard InChI is InChI=1S/C12H16N2O/c1-10(15)8-14(2)9-12-5-3-4-11(6-12)7-13/h3-6,10,15H,8-9H2,1-2H3/t10-/m1/s1. The quantitative estimate of drug-likeness (QED) is 0.805. The first-order valence-corrected chi connectivity index (χ1v) is 4.97. The van der Waals surface area contributed by atoms with Crippen LogP contribution >= 0.6 is 0 Å². The van der Waals surface area contributed by atoms with Crippen molar-refractivity contribution in [3.05, 3.63) is 35.4 Å². The zero-order chi connectivity index (χ0) is 11.3. The second-order valence-corrected chi connectivity index (χ2v) is 3.86. The van der Waals surface area contributed by atoms with Crippen molar-refractivity contribution in [3.8, 4) is 6.07 Å². The Hall–Kier alpha value is -1.37. The zero-order valence-electron chi connectivity index (χ0n) is 9.14. The molecule has 1 N–H and O–H groups in total. The van der Waals surface area contributed by atoms with E-state index in [1.807, 2.05) is 30.1 Å². The lowest BCUT2D eigenvalue weighted by Crippen LogP contribution is -2.26. The first kappa shape index (κ1) is 11.7. The second kappa shape index (κ2) is 5.50. The number of rotatable bonds is 4. The molecule has 0 saturated heterocycles. The Bertz CT molecular complexity index is 355. The van der Waals surface area contributed by atoms with Crippen molar-refractivity contribution in [1.82, 2.24) is 4.90 Å². The number of likely N-dealkylation sites (N-methyl/N-ethyl adjacent to an activating group) is 1. The molecular formula is C12H16N2O. The summed E-state index contributed by atoms with van der Waals surface area (Å²) in [6, 6.07) is 9.64. The summed E-state index contributed by atoms with van der Waals surface area (Å²) in [4.78, 5) is 2.03. The van der Waals surface area contributed by atoms with Crippen molar-refractivity contribution in [1.29, 1.82) is 5.26 Å². The van der Waals surface area contributed by atoms with E-state index in [1.54, 1.807) is 13.0 Å². The van der Waals surface area contributed by atoms with Crippen molar-refractivity contribution in [3.63, 3.8) is 0 Å². The van der Waals surface area contributed by atoms with Crippen LogP contribution in [0.4, 0.5) is 0 Å². The molecule has 0 aliphatic rings. The summed E-state index contributed by atoms with van der Waals surface area (Å²) in [5, 5.41) is 17.9. The first-order chi connectivity index (χ1) is 7.11. The number of hydrogen-bond acceptors (Lipinski definition) is 3. The van der Waals surface area contributed by atoms with Gasteiger partial charge in [0.15, 0.2) is 0 Å². The third kappa shape index (κ3) is 4.11. The molecule has 3 heteroatoms. The summed E-state index contributed by atoms with van der Waals surface area (Å²) in [7, 11) is 1.95. The summed E-state index contributed by atoms with van der Waals surface area (Å²) in [6.45, 7) is 3.15. The number of benzene rings is 1. The molecule has 1 rings (SSSR count). The molecule has 0 bridgehead atoms. The van der Waals surface area contributed by atoms with Crippen LogP contribution in [0.1, 0.15) is 18.1 Å². The Labute approximate surface area is 90.6 Å². The summed E-state index contributed by atoms with van der Waals surface area (Å²) >= 11 is 0. The second-order valence-electron chi connectivity index (χ2n) is 3.86. The molecule has 0 spiro atoms. The van der Waals surface area contributed by atoms with Gasteiger partial charge in [0.2, 0.25) is 0 Å². The molecule has 0 fully saturated rings. The highest BCUT2D eigenvalue weighted by Gasteiger charge is 2.04. The molecule has 0 saturated carbocycles. The van der Waals surface area contributed by atoms with Gasteiger partial charge in [-0.25, -0.2) is 0 Å². The number of hydrogen-bond donors (Lipinski definition) is 1. The van der Waals surface area contributed by atoms with Crippen LogP contribution in [0.25, 0.3) is 0 Å². The summed E-state index contributed by atoms with van der Waals surface area (Å²) in [5.41, 5.74) is 1.77. The molecule has 1 atom stereocenters. The molecule has 80 valence electrons. The van der Waals surface area contributed by atoms with E-state index in [9.17, 15) is 5.11 Å². The molecule has 1 aromatic carbocycles. The third-order valence-corrected chi connectivity index (χ3v) is 2.08. The van der Waals surface area contributed by atoms with Crippen molar-refractivity contribution in [2.45, 2.75) is 19.6 Å². The Morgan fingerprint density at radius 1 is 1.53 bits per heavy atom. The van der Waals surface area contributed by atoms with E-state index < -0.39 is 0 Å². The first-order valence-electron chi connectivity index (χ1n) is 4.97. The van der Waals surface area contributed by atoms with Gasteiger partial charge in [-0.2, -0.15) is 5.26 Å². The Morgan fingerprint density at radius 2 is 2.27 bits per heavy atom. The van der Waals surface area contributed by atoms with Crippen molar-refractivity contribution in [2.75, 3.05) is 13.6 Å². The van der Waals surface area contributed by atoms with Crippen LogP contribution in [0.2, 0.25) is 0 Å². The van der Waals surface area contributed by atoms with Gasteiger partial charge in [-0.15, -0.1) is 0 Å². The highest BCUT2D eigenvalue weighted by Crippen LogP contribution is 2.06. The average molecular weight is 204 g/mol. The van der Waals surface area contributed by atoms with Crippen LogP contribution < -0.4 is 0 Å². The molecule has 0 aliphatic heterocycles. The minimum absolute atomic E-state index is 0.325. The number of aliphatic hydroxyl groups is 1. The molecule has 0 amide bonds. The number of aliphatic hydroxyl groups excluding tert-OH is 1. The van der Waals surface area contributed by atoms with Gasteiger partial charge in [0.1, 0.15) is 0 Å². The SMILES string of the molecule is C[C@@H](O)CN(C)Cc1cccc(C#N)c1. The Kier molecular flexibility index (Phi) is 4.29. The summed E-state index contributed by atoms with van der Waals surface area (Å²) in [5.74, 6) is 0. The minimum atomic E-state index is -0.325. The van der Waals surface area contributed by atoms with Crippen LogP contribution in [-0.2, 0) is 6.54 Å². The van der Waals surface area contributed by atoms with Gasteiger partial charge in [0, 0.05) is 13.1 Å². The summed E-state index contributed by atoms with van der Waals surface area (Å²) in [6.07, 6.45) is -0.325. The zero-order valence-corrected chi connectivity index (χ0v) is 9.14. The van der Waals surface area contributed by atoms with Crippen molar-refractivity contribution in [2.24, 2.45) is 0 Å². The molecule has 15 heavy (non-hydrogen) atoms. The van der Waals surface area contributed by atoms with Gasteiger partial charge >= 0.3 is 0 Å². The topological polar surface area (TPSA) is 47.3 Å². The summed E-state index contributed by atoms with van der Waals surface area (Å²) < 4.78 is 0. The van der Waals surface area contributed by atoms with E-state index in [-0.39, 0.29) is 6.10 Å². The smallest absolute Gasteiger partial charge is 0.0991 e. The van der Waals surface area contributed by atoms with Gasteiger partial charge in [-0.3, -0.25) is 4.90 Å². The fourth-order valence-corrected chi connectivity index (χ4v) is 1.57. The predicted molar refractivity (Wildman–Crippen MR) is 59.2 cm³/mol. The average Bonchev–Trinajstić information content (AvgIpc) is 2.16.